The summed E-state index contributed by atoms with van der Waals surface area (Å²) in [5, 5.41) is 9.86. The van der Waals surface area contributed by atoms with Crippen molar-refractivity contribution in [3.05, 3.63) is 51.7 Å². The van der Waals surface area contributed by atoms with Crippen LogP contribution in [0.3, 0.4) is 0 Å². The first-order chi connectivity index (χ1) is 13.4. The summed E-state index contributed by atoms with van der Waals surface area (Å²) in [6.45, 7) is 1.69. The number of halogens is 3. The number of hydrogen-bond acceptors (Lipinski definition) is 5. The monoisotopic (exact) mass is 484 g/mol. The smallest absolute Gasteiger partial charge is 0.237 e. The molecule has 0 bridgehead atoms. The van der Waals surface area contributed by atoms with Gasteiger partial charge in [0, 0.05) is 9.50 Å². The number of ether oxygens (including phenoxy) is 1. The Bertz CT molecular complexity index is 1020. The second kappa shape index (κ2) is 8.93. The van der Waals surface area contributed by atoms with E-state index < -0.39 is 11.1 Å². The third-order valence-electron chi connectivity index (χ3n) is 3.72. The minimum atomic E-state index is -0.548. The maximum atomic E-state index is 13.9. The van der Waals surface area contributed by atoms with E-state index in [-0.39, 0.29) is 11.6 Å². The first-order valence-corrected chi connectivity index (χ1v) is 10.1. The minimum Gasteiger partial charge on any atom is -0.496 e. The average Bonchev–Trinajstić information content (AvgIpc) is 3.12. The van der Waals surface area contributed by atoms with Gasteiger partial charge in [0.2, 0.25) is 11.1 Å². The molecule has 1 aromatic heterocycles. The number of aromatic nitrogens is 3. The molecule has 0 saturated carbocycles. The maximum Gasteiger partial charge on any atom is 0.237 e. The predicted molar refractivity (Wildman–Crippen MR) is 111 cm³/mol. The normalized spacial score (nSPS) is 11.9. The Hall–Kier alpha value is -2.10. The topological polar surface area (TPSA) is 79.9 Å². The summed E-state index contributed by atoms with van der Waals surface area (Å²) in [7, 11) is 1.55. The molecular formula is C18H15BrClFN4O2S. The fourth-order valence-electron chi connectivity index (χ4n) is 2.32. The number of anilines is 1. The fourth-order valence-corrected chi connectivity index (χ4v) is 3.55. The molecule has 1 unspecified atom stereocenters. The fraction of sp³-hybridized carbons (Fsp3) is 0.167. The van der Waals surface area contributed by atoms with E-state index in [0.717, 1.165) is 11.8 Å². The van der Waals surface area contributed by atoms with Gasteiger partial charge in [0.15, 0.2) is 5.82 Å². The zero-order valence-electron chi connectivity index (χ0n) is 14.8. The van der Waals surface area contributed by atoms with Crippen LogP contribution >= 0.6 is 39.3 Å². The number of hydrogen-bond donors (Lipinski definition) is 2. The molecule has 0 aliphatic carbocycles. The van der Waals surface area contributed by atoms with Crippen LogP contribution in [0.5, 0.6) is 5.75 Å². The Labute approximate surface area is 178 Å². The van der Waals surface area contributed by atoms with Crippen molar-refractivity contribution >= 4 is 50.9 Å². The second-order valence-corrected chi connectivity index (χ2v) is 8.34. The van der Waals surface area contributed by atoms with Crippen molar-refractivity contribution in [1.82, 2.24) is 15.2 Å². The molecule has 6 nitrogen and oxygen atoms in total. The van der Waals surface area contributed by atoms with Gasteiger partial charge in [-0.3, -0.25) is 9.89 Å². The Morgan fingerprint density at radius 3 is 2.86 bits per heavy atom. The third kappa shape index (κ3) is 4.84. The minimum absolute atomic E-state index is 0.111. The molecule has 0 saturated heterocycles. The molecule has 3 aromatic rings. The Kier molecular flexibility index (Phi) is 6.58. The third-order valence-corrected chi connectivity index (χ3v) is 5.41. The number of H-pyrrole nitrogens is 1. The van der Waals surface area contributed by atoms with Gasteiger partial charge in [0.1, 0.15) is 11.6 Å². The van der Waals surface area contributed by atoms with Crippen molar-refractivity contribution < 1.29 is 13.9 Å². The second-order valence-electron chi connectivity index (χ2n) is 5.68. The van der Waals surface area contributed by atoms with Gasteiger partial charge < -0.3 is 10.1 Å². The molecule has 0 aliphatic heterocycles. The van der Waals surface area contributed by atoms with Gasteiger partial charge in [0.25, 0.3) is 0 Å². The number of carbonyl (C=O) groups is 1. The van der Waals surface area contributed by atoms with Gasteiger partial charge in [-0.1, -0.05) is 39.3 Å². The maximum absolute atomic E-state index is 13.9. The average molecular weight is 486 g/mol. The molecule has 1 amide bonds. The summed E-state index contributed by atoms with van der Waals surface area (Å²) in [5.41, 5.74) is 0.767. The Morgan fingerprint density at radius 2 is 2.14 bits per heavy atom. The lowest BCUT2D eigenvalue weighted by atomic mass is 10.2. The summed E-state index contributed by atoms with van der Waals surface area (Å²) in [6.07, 6.45) is 0. The van der Waals surface area contributed by atoms with Crippen LogP contribution in [0.15, 0.2) is 46.0 Å². The number of amides is 1. The molecule has 1 heterocycles. The molecule has 0 spiro atoms. The van der Waals surface area contributed by atoms with Gasteiger partial charge in [0.05, 0.1) is 23.6 Å². The van der Waals surface area contributed by atoms with Gasteiger partial charge >= 0.3 is 0 Å². The van der Waals surface area contributed by atoms with Gasteiger partial charge in [-0.25, -0.2) is 9.37 Å². The van der Waals surface area contributed by atoms with Crippen molar-refractivity contribution in [3.8, 4) is 17.1 Å². The Balaban J connectivity index is 1.71. The van der Waals surface area contributed by atoms with Crippen molar-refractivity contribution in [2.24, 2.45) is 0 Å². The predicted octanol–water partition coefficient (Wildman–Crippen LogP) is 5.15. The summed E-state index contributed by atoms with van der Waals surface area (Å²) >= 11 is 10.4. The number of nitrogens with one attached hydrogen (secondary N) is 2. The van der Waals surface area contributed by atoms with E-state index in [1.165, 1.54) is 12.1 Å². The molecule has 0 radical (unpaired) electrons. The van der Waals surface area contributed by atoms with E-state index in [0.29, 0.717) is 31.8 Å². The number of carbonyl (C=O) groups excluding carboxylic acids is 1. The molecule has 2 aromatic carbocycles. The molecule has 2 N–H and O–H groups in total. The van der Waals surface area contributed by atoms with Gasteiger partial charge in [-0.2, -0.15) is 0 Å². The highest BCUT2D eigenvalue weighted by atomic mass is 79.9. The largest absolute Gasteiger partial charge is 0.496 e. The molecule has 28 heavy (non-hydrogen) atoms. The standard InChI is InChI=1S/C18H15BrClFN4O2S/c1-9(17(26)22-14-5-3-10(19)7-13(14)21)28-18-23-16(24-25-18)12-8-11(20)4-6-15(12)27-2/h3-9H,1-2H3,(H,22,26)(H,23,24,25). The highest BCUT2D eigenvalue weighted by Gasteiger charge is 2.19. The molecular weight excluding hydrogens is 471 g/mol. The van der Waals surface area contributed by atoms with Crippen molar-refractivity contribution in [3.63, 3.8) is 0 Å². The van der Waals surface area contributed by atoms with Crippen LogP contribution < -0.4 is 10.1 Å². The quantitative estimate of drug-likeness (QED) is 0.472. The number of aromatic amines is 1. The molecule has 0 aliphatic rings. The van der Waals surface area contributed by atoms with Crippen LogP contribution in [0, 0.1) is 5.82 Å². The van der Waals surface area contributed by atoms with Gasteiger partial charge in [-0.05, 0) is 43.3 Å². The van der Waals surface area contributed by atoms with Crippen molar-refractivity contribution in [2.75, 3.05) is 12.4 Å². The van der Waals surface area contributed by atoms with Crippen LogP contribution in [0.25, 0.3) is 11.4 Å². The van der Waals surface area contributed by atoms with E-state index in [2.05, 4.69) is 36.4 Å². The highest BCUT2D eigenvalue weighted by Crippen LogP contribution is 2.32. The number of nitrogens with zero attached hydrogens (tertiary/aromatic N) is 2. The van der Waals surface area contributed by atoms with E-state index >= 15 is 0 Å². The first-order valence-electron chi connectivity index (χ1n) is 8.06. The van der Waals surface area contributed by atoms with Crippen molar-refractivity contribution in [2.45, 2.75) is 17.3 Å². The SMILES string of the molecule is COc1ccc(Cl)cc1-c1nc(SC(C)C(=O)Nc2ccc(Br)cc2F)n[nH]1. The van der Waals surface area contributed by atoms with E-state index in [1.54, 1.807) is 38.3 Å². The van der Waals surface area contributed by atoms with Crippen LogP contribution in [-0.2, 0) is 4.79 Å². The number of thioether (sulfide) groups is 1. The van der Waals surface area contributed by atoms with Gasteiger partial charge in [-0.15, -0.1) is 5.10 Å². The van der Waals surface area contributed by atoms with Crippen LogP contribution in [0.1, 0.15) is 6.92 Å². The Morgan fingerprint density at radius 1 is 1.36 bits per heavy atom. The first kappa shape index (κ1) is 20.6. The number of benzene rings is 2. The lowest BCUT2D eigenvalue weighted by Crippen LogP contribution is -2.23. The zero-order chi connectivity index (χ0) is 20.3. The summed E-state index contributed by atoms with van der Waals surface area (Å²) in [4.78, 5) is 16.7. The summed E-state index contributed by atoms with van der Waals surface area (Å²) in [5.74, 6) is 0.174. The van der Waals surface area contributed by atoms with Crippen LogP contribution in [0.4, 0.5) is 10.1 Å². The number of methoxy groups -OCH3 is 1. The summed E-state index contributed by atoms with van der Waals surface area (Å²) < 4.78 is 19.8. The van der Waals surface area contributed by atoms with Crippen LogP contribution in [-0.4, -0.2) is 33.4 Å². The van der Waals surface area contributed by atoms with E-state index in [9.17, 15) is 9.18 Å². The van der Waals surface area contributed by atoms with E-state index in [1.807, 2.05) is 0 Å². The molecule has 146 valence electrons. The molecule has 10 heteroatoms. The van der Waals surface area contributed by atoms with Crippen LogP contribution in [0.2, 0.25) is 5.02 Å². The number of rotatable bonds is 6. The van der Waals surface area contributed by atoms with E-state index in [4.69, 9.17) is 16.3 Å². The molecule has 0 fully saturated rings. The zero-order valence-corrected chi connectivity index (χ0v) is 18.0. The molecule has 1 atom stereocenters. The lowest BCUT2D eigenvalue weighted by Gasteiger charge is -2.11. The summed E-state index contributed by atoms with van der Waals surface area (Å²) in [6, 6.07) is 9.58. The highest BCUT2D eigenvalue weighted by molar-refractivity contribution is 9.10. The van der Waals surface area contributed by atoms with Crippen molar-refractivity contribution in [1.29, 1.82) is 0 Å². The lowest BCUT2D eigenvalue weighted by molar-refractivity contribution is -0.115. The molecule has 3 rings (SSSR count).